The third-order valence-electron chi connectivity index (χ3n) is 3.58. The van der Waals surface area contributed by atoms with E-state index < -0.39 is 0 Å². The summed E-state index contributed by atoms with van der Waals surface area (Å²) in [7, 11) is 0. The molecule has 0 saturated heterocycles. The third-order valence-corrected chi connectivity index (χ3v) is 3.81. The summed E-state index contributed by atoms with van der Waals surface area (Å²) in [4.78, 5) is 11.9. The fourth-order valence-electron chi connectivity index (χ4n) is 1.92. The minimum atomic E-state index is -0.381. The number of hydrogen-bond acceptors (Lipinski definition) is 3. The molecule has 0 aliphatic heterocycles. The molecule has 0 heterocycles. The van der Waals surface area contributed by atoms with E-state index in [1.807, 2.05) is 13.8 Å². The zero-order chi connectivity index (χ0) is 15.8. The zero-order valence-electron chi connectivity index (χ0n) is 12.9. The first-order valence-corrected chi connectivity index (χ1v) is 7.77. The zero-order valence-corrected chi connectivity index (χ0v) is 13.7. The molecular weight excluding hydrogens is 288 g/mol. The van der Waals surface area contributed by atoms with Gasteiger partial charge in [0.15, 0.2) is 0 Å². The van der Waals surface area contributed by atoms with Crippen LogP contribution in [0.1, 0.15) is 33.6 Å². The van der Waals surface area contributed by atoms with Crippen molar-refractivity contribution in [3.8, 4) is 0 Å². The molecule has 3 N–H and O–H groups in total. The maximum absolute atomic E-state index is 11.9. The lowest BCUT2D eigenvalue weighted by Crippen LogP contribution is -2.38. The number of halogens is 1. The molecule has 0 spiro atoms. The number of carbonyl (C=O) groups is 1. The number of hydrogen-bond donors (Lipinski definition) is 3. The second kappa shape index (κ2) is 9.03. The topological polar surface area (TPSA) is 61.4 Å². The molecule has 1 amide bonds. The molecule has 1 aromatic carbocycles. The fourth-order valence-corrected chi connectivity index (χ4v) is 2.11. The van der Waals surface area contributed by atoms with Crippen LogP contribution in [-0.2, 0) is 4.79 Å². The van der Waals surface area contributed by atoms with Gasteiger partial charge in [-0.15, -0.1) is 0 Å². The molecule has 0 aromatic heterocycles. The molecule has 4 nitrogen and oxygen atoms in total. The van der Waals surface area contributed by atoms with Crippen LogP contribution in [0.4, 0.5) is 5.69 Å². The van der Waals surface area contributed by atoms with Gasteiger partial charge in [-0.2, -0.15) is 0 Å². The highest BCUT2D eigenvalue weighted by molar-refractivity contribution is 6.30. The van der Waals surface area contributed by atoms with Gasteiger partial charge in [-0.05, 0) is 31.0 Å². The highest BCUT2D eigenvalue weighted by Gasteiger charge is 2.14. The van der Waals surface area contributed by atoms with Gasteiger partial charge >= 0.3 is 0 Å². The molecule has 21 heavy (non-hydrogen) atoms. The van der Waals surface area contributed by atoms with Gasteiger partial charge in [0.1, 0.15) is 0 Å². The average molecular weight is 313 g/mol. The Balaban J connectivity index is 2.34. The number of aliphatic hydroxyl groups is 1. The summed E-state index contributed by atoms with van der Waals surface area (Å²) in [5, 5.41) is 16.5. The van der Waals surface area contributed by atoms with E-state index in [0.717, 1.165) is 6.42 Å². The van der Waals surface area contributed by atoms with Gasteiger partial charge in [0.2, 0.25) is 5.91 Å². The van der Waals surface area contributed by atoms with Crippen LogP contribution in [0.15, 0.2) is 24.3 Å². The smallest absolute Gasteiger partial charge is 0.225 e. The first kappa shape index (κ1) is 18.0. The lowest BCUT2D eigenvalue weighted by atomic mass is 10.0. The number of benzene rings is 1. The van der Waals surface area contributed by atoms with Crippen molar-refractivity contribution < 1.29 is 9.90 Å². The van der Waals surface area contributed by atoms with Gasteiger partial charge in [0.25, 0.3) is 0 Å². The van der Waals surface area contributed by atoms with Gasteiger partial charge in [-0.1, -0.05) is 37.9 Å². The predicted octanol–water partition coefficient (Wildman–Crippen LogP) is 3.05. The third kappa shape index (κ3) is 6.93. The number of rotatable bonds is 8. The molecule has 0 bridgehead atoms. The van der Waals surface area contributed by atoms with E-state index in [9.17, 15) is 9.90 Å². The van der Waals surface area contributed by atoms with Crippen LogP contribution >= 0.6 is 11.6 Å². The van der Waals surface area contributed by atoms with Crippen molar-refractivity contribution in [3.63, 3.8) is 0 Å². The number of nitrogens with one attached hydrogen (secondary N) is 2. The first-order valence-electron chi connectivity index (χ1n) is 7.39. The summed E-state index contributed by atoms with van der Waals surface area (Å²) in [6.07, 6.45) is 0.903. The highest BCUT2D eigenvalue weighted by atomic mass is 35.5. The monoisotopic (exact) mass is 312 g/mol. The molecule has 3 unspecified atom stereocenters. The minimum absolute atomic E-state index is 0.00268. The van der Waals surface area contributed by atoms with E-state index in [-0.39, 0.29) is 24.0 Å². The molecular formula is C16H25ClN2O2. The summed E-state index contributed by atoms with van der Waals surface area (Å²) in [5.74, 6) is 0.181. The SMILES string of the molecule is CCC(C)C(O)CNC(C)CC(=O)Nc1cccc(Cl)c1. The summed E-state index contributed by atoms with van der Waals surface area (Å²) in [5.41, 5.74) is 0.694. The lowest BCUT2D eigenvalue weighted by Gasteiger charge is -2.20. The van der Waals surface area contributed by atoms with Gasteiger partial charge < -0.3 is 15.7 Å². The fraction of sp³-hybridized carbons (Fsp3) is 0.562. The molecule has 3 atom stereocenters. The number of anilines is 1. The second-order valence-corrected chi connectivity index (χ2v) is 5.96. The average Bonchev–Trinajstić information content (AvgIpc) is 2.43. The second-order valence-electron chi connectivity index (χ2n) is 5.52. The van der Waals surface area contributed by atoms with E-state index >= 15 is 0 Å². The van der Waals surface area contributed by atoms with Crippen molar-refractivity contribution in [1.82, 2.24) is 5.32 Å². The lowest BCUT2D eigenvalue weighted by molar-refractivity contribution is -0.116. The van der Waals surface area contributed by atoms with E-state index in [0.29, 0.717) is 23.7 Å². The number of carbonyl (C=O) groups excluding carboxylic acids is 1. The van der Waals surface area contributed by atoms with Crippen LogP contribution in [-0.4, -0.2) is 29.7 Å². The Kier molecular flexibility index (Phi) is 7.72. The maximum Gasteiger partial charge on any atom is 0.225 e. The molecule has 1 rings (SSSR count). The van der Waals surface area contributed by atoms with Crippen molar-refractivity contribution >= 4 is 23.2 Å². The molecule has 0 fully saturated rings. The van der Waals surface area contributed by atoms with E-state index in [1.54, 1.807) is 24.3 Å². The Hall–Kier alpha value is -1.10. The van der Waals surface area contributed by atoms with Crippen molar-refractivity contribution in [1.29, 1.82) is 0 Å². The van der Waals surface area contributed by atoms with Crippen LogP contribution in [0.3, 0.4) is 0 Å². The van der Waals surface area contributed by atoms with E-state index in [2.05, 4.69) is 17.6 Å². The molecule has 5 heteroatoms. The normalized spacial score (nSPS) is 15.3. The largest absolute Gasteiger partial charge is 0.392 e. The Morgan fingerprint density at radius 2 is 2.10 bits per heavy atom. The van der Waals surface area contributed by atoms with Crippen molar-refractivity contribution in [3.05, 3.63) is 29.3 Å². The Labute approximate surface area is 131 Å². The maximum atomic E-state index is 11.9. The van der Waals surface area contributed by atoms with E-state index in [1.165, 1.54) is 0 Å². The van der Waals surface area contributed by atoms with Gasteiger partial charge in [-0.3, -0.25) is 4.79 Å². The summed E-state index contributed by atoms with van der Waals surface area (Å²) in [6, 6.07) is 7.07. The summed E-state index contributed by atoms with van der Waals surface area (Å²) in [6.45, 7) is 6.50. The number of aliphatic hydroxyl groups excluding tert-OH is 1. The highest BCUT2D eigenvalue weighted by Crippen LogP contribution is 2.15. The van der Waals surface area contributed by atoms with Crippen LogP contribution in [0.25, 0.3) is 0 Å². The molecule has 0 saturated carbocycles. The van der Waals surface area contributed by atoms with E-state index in [4.69, 9.17) is 11.6 Å². The summed E-state index contributed by atoms with van der Waals surface area (Å²) < 4.78 is 0. The van der Waals surface area contributed by atoms with Gasteiger partial charge in [-0.25, -0.2) is 0 Å². The Morgan fingerprint density at radius 3 is 2.71 bits per heavy atom. The standard InChI is InChI=1S/C16H25ClN2O2/c1-4-11(2)15(20)10-18-12(3)8-16(21)19-14-7-5-6-13(17)9-14/h5-7,9,11-12,15,18,20H,4,8,10H2,1-3H3,(H,19,21). The van der Waals surface area contributed by atoms with Crippen molar-refractivity contribution in [2.24, 2.45) is 5.92 Å². The van der Waals surface area contributed by atoms with Crippen molar-refractivity contribution in [2.45, 2.75) is 45.8 Å². The van der Waals surface area contributed by atoms with Crippen LogP contribution < -0.4 is 10.6 Å². The molecule has 118 valence electrons. The quantitative estimate of drug-likeness (QED) is 0.691. The first-order chi connectivity index (χ1) is 9.92. The van der Waals surface area contributed by atoms with Gasteiger partial charge in [0, 0.05) is 29.7 Å². The Bertz CT molecular complexity index is 454. The molecule has 0 aliphatic rings. The Morgan fingerprint density at radius 1 is 1.38 bits per heavy atom. The summed E-state index contributed by atoms with van der Waals surface area (Å²) >= 11 is 5.87. The number of amides is 1. The predicted molar refractivity (Wildman–Crippen MR) is 87.6 cm³/mol. The van der Waals surface area contributed by atoms with Crippen molar-refractivity contribution in [2.75, 3.05) is 11.9 Å². The van der Waals surface area contributed by atoms with Gasteiger partial charge in [0.05, 0.1) is 6.10 Å². The molecule has 1 aromatic rings. The molecule has 0 aliphatic carbocycles. The van der Waals surface area contributed by atoms with Crippen LogP contribution in [0.2, 0.25) is 5.02 Å². The minimum Gasteiger partial charge on any atom is -0.392 e. The van der Waals surface area contributed by atoms with Crippen LogP contribution in [0.5, 0.6) is 0 Å². The van der Waals surface area contributed by atoms with Crippen LogP contribution in [0, 0.1) is 5.92 Å². The molecule has 0 radical (unpaired) electrons.